The summed E-state index contributed by atoms with van der Waals surface area (Å²) in [7, 11) is 0. The third-order valence-corrected chi connectivity index (χ3v) is 5.63. The van der Waals surface area contributed by atoms with E-state index in [9.17, 15) is 0 Å². The Bertz CT molecular complexity index is 959. The molecule has 2 aliphatic carbocycles. The van der Waals surface area contributed by atoms with E-state index in [2.05, 4.69) is 95.6 Å². The summed E-state index contributed by atoms with van der Waals surface area (Å²) in [6.07, 6.45) is 15.7. The molecule has 2 heteroatoms. The van der Waals surface area contributed by atoms with Gasteiger partial charge in [0.2, 0.25) is 0 Å². The van der Waals surface area contributed by atoms with Crippen LogP contribution in [-0.2, 0) is 0 Å². The number of allylic oxidation sites excluding steroid dienone is 8. The number of nitrogens with zero attached hydrogens (tertiary/aromatic N) is 2. The van der Waals surface area contributed by atoms with Crippen molar-refractivity contribution in [3.8, 4) is 0 Å². The fourth-order valence-corrected chi connectivity index (χ4v) is 4.26. The SMILES string of the molecule is CC1=CC=C(N2c3ccccc3N(C3=CC=CCC3)c3ccccc32)CC1. The van der Waals surface area contributed by atoms with E-state index in [0.29, 0.717) is 0 Å². The first kappa shape index (κ1) is 16.2. The molecule has 0 amide bonds. The van der Waals surface area contributed by atoms with Crippen molar-refractivity contribution in [2.45, 2.75) is 32.6 Å². The Morgan fingerprint density at radius 1 is 0.630 bits per heavy atom. The van der Waals surface area contributed by atoms with E-state index >= 15 is 0 Å². The topological polar surface area (TPSA) is 6.48 Å². The standard InChI is InChI=1S/C25H24N2/c1-19-15-17-21(18-16-19)27-24-13-7-5-11-22(24)26(20-9-3-2-4-10-20)23-12-6-8-14-25(23)27/h2-3,5-9,11-15,17H,4,10,16,18H2,1H3. The van der Waals surface area contributed by atoms with Gasteiger partial charge in [0.1, 0.15) is 0 Å². The fraction of sp³-hybridized carbons (Fsp3) is 0.200. The fourth-order valence-electron chi connectivity index (χ4n) is 4.26. The van der Waals surface area contributed by atoms with Crippen molar-refractivity contribution in [3.63, 3.8) is 0 Å². The largest absolute Gasteiger partial charge is 0.310 e. The maximum atomic E-state index is 2.46. The summed E-state index contributed by atoms with van der Waals surface area (Å²) in [6.45, 7) is 2.22. The molecule has 0 atom stereocenters. The van der Waals surface area contributed by atoms with Crippen LogP contribution in [0.5, 0.6) is 0 Å². The molecule has 0 saturated heterocycles. The van der Waals surface area contributed by atoms with Gasteiger partial charge in [0.15, 0.2) is 0 Å². The van der Waals surface area contributed by atoms with E-state index < -0.39 is 0 Å². The molecule has 0 fully saturated rings. The number of anilines is 4. The lowest BCUT2D eigenvalue weighted by Crippen LogP contribution is -2.29. The molecule has 0 unspecified atom stereocenters. The lowest BCUT2D eigenvalue weighted by atomic mass is 9.98. The molecule has 2 aromatic rings. The van der Waals surface area contributed by atoms with Gasteiger partial charge in [-0.2, -0.15) is 0 Å². The Kier molecular flexibility index (Phi) is 3.97. The van der Waals surface area contributed by atoms with Gasteiger partial charge in [0, 0.05) is 11.4 Å². The Morgan fingerprint density at radius 3 is 1.63 bits per heavy atom. The summed E-state index contributed by atoms with van der Waals surface area (Å²) in [5.74, 6) is 0. The molecule has 0 N–H and O–H groups in total. The Morgan fingerprint density at radius 2 is 1.19 bits per heavy atom. The van der Waals surface area contributed by atoms with Gasteiger partial charge < -0.3 is 9.80 Å². The van der Waals surface area contributed by atoms with Crippen LogP contribution in [0.2, 0.25) is 0 Å². The van der Waals surface area contributed by atoms with E-state index in [4.69, 9.17) is 0 Å². The van der Waals surface area contributed by atoms with Crippen molar-refractivity contribution >= 4 is 22.7 Å². The van der Waals surface area contributed by atoms with Gasteiger partial charge in [-0.1, -0.05) is 48.1 Å². The van der Waals surface area contributed by atoms with Crippen LogP contribution < -0.4 is 9.80 Å². The maximum Gasteiger partial charge on any atom is 0.0700 e. The summed E-state index contributed by atoms with van der Waals surface area (Å²) >= 11 is 0. The van der Waals surface area contributed by atoms with Crippen LogP contribution in [0, 0.1) is 0 Å². The average molecular weight is 352 g/mol. The molecule has 1 aliphatic heterocycles. The van der Waals surface area contributed by atoms with Crippen molar-refractivity contribution in [1.29, 1.82) is 0 Å². The Labute approximate surface area is 161 Å². The number of hydrogen-bond acceptors (Lipinski definition) is 2. The summed E-state index contributed by atoms with van der Waals surface area (Å²) < 4.78 is 0. The van der Waals surface area contributed by atoms with E-state index in [-0.39, 0.29) is 0 Å². The molecular formula is C25H24N2. The number of fused-ring (bicyclic) bond motifs is 2. The molecule has 134 valence electrons. The van der Waals surface area contributed by atoms with Crippen molar-refractivity contribution in [3.05, 3.63) is 95.9 Å². The second kappa shape index (κ2) is 6.62. The van der Waals surface area contributed by atoms with Gasteiger partial charge in [0.25, 0.3) is 0 Å². The van der Waals surface area contributed by atoms with Crippen molar-refractivity contribution in [2.24, 2.45) is 0 Å². The van der Waals surface area contributed by atoms with Crippen LogP contribution in [0.25, 0.3) is 0 Å². The van der Waals surface area contributed by atoms with Gasteiger partial charge in [0.05, 0.1) is 22.7 Å². The molecule has 0 saturated carbocycles. The van der Waals surface area contributed by atoms with E-state index in [1.807, 2.05) is 0 Å². The molecule has 2 nitrogen and oxygen atoms in total. The van der Waals surface area contributed by atoms with Crippen LogP contribution in [0.1, 0.15) is 32.6 Å². The Balaban J connectivity index is 1.72. The summed E-state index contributed by atoms with van der Waals surface area (Å²) in [4.78, 5) is 4.92. The van der Waals surface area contributed by atoms with E-state index in [0.717, 1.165) is 25.7 Å². The minimum atomic E-state index is 1.07. The van der Waals surface area contributed by atoms with Crippen molar-refractivity contribution in [1.82, 2.24) is 0 Å². The van der Waals surface area contributed by atoms with Gasteiger partial charge in [-0.3, -0.25) is 0 Å². The van der Waals surface area contributed by atoms with Crippen molar-refractivity contribution in [2.75, 3.05) is 9.80 Å². The number of hydrogen-bond donors (Lipinski definition) is 0. The molecule has 1 heterocycles. The highest BCUT2D eigenvalue weighted by Crippen LogP contribution is 2.52. The average Bonchev–Trinajstić information content (AvgIpc) is 2.73. The van der Waals surface area contributed by atoms with E-state index in [1.165, 1.54) is 39.7 Å². The quantitative estimate of drug-likeness (QED) is 0.567. The monoisotopic (exact) mass is 352 g/mol. The maximum absolute atomic E-state index is 2.46. The molecule has 0 bridgehead atoms. The number of rotatable bonds is 2. The second-order valence-electron chi connectivity index (χ2n) is 7.44. The van der Waals surface area contributed by atoms with Crippen molar-refractivity contribution < 1.29 is 0 Å². The molecule has 0 spiro atoms. The zero-order valence-electron chi connectivity index (χ0n) is 15.7. The van der Waals surface area contributed by atoms with Gasteiger partial charge in [-0.25, -0.2) is 0 Å². The Hall–Kier alpha value is -3.00. The summed E-state index contributed by atoms with van der Waals surface area (Å²) in [5.41, 5.74) is 9.27. The zero-order valence-corrected chi connectivity index (χ0v) is 15.7. The third-order valence-electron chi connectivity index (χ3n) is 5.63. The van der Waals surface area contributed by atoms with Crippen LogP contribution in [0.3, 0.4) is 0 Å². The highest BCUT2D eigenvalue weighted by molar-refractivity contribution is 5.96. The highest BCUT2D eigenvalue weighted by Gasteiger charge is 2.31. The van der Waals surface area contributed by atoms with Crippen LogP contribution in [0.4, 0.5) is 22.7 Å². The minimum absolute atomic E-state index is 1.07. The summed E-state index contributed by atoms with van der Waals surface area (Å²) in [5, 5.41) is 0. The molecule has 2 aromatic carbocycles. The minimum Gasteiger partial charge on any atom is -0.310 e. The smallest absolute Gasteiger partial charge is 0.0700 e. The third kappa shape index (κ3) is 2.73. The van der Waals surface area contributed by atoms with Gasteiger partial charge in [-0.15, -0.1) is 0 Å². The first-order valence-corrected chi connectivity index (χ1v) is 9.83. The first-order valence-electron chi connectivity index (χ1n) is 9.83. The molecule has 0 aromatic heterocycles. The molecule has 3 aliphatic rings. The van der Waals surface area contributed by atoms with Crippen LogP contribution in [0.15, 0.2) is 95.9 Å². The van der Waals surface area contributed by atoms with E-state index in [1.54, 1.807) is 0 Å². The predicted octanol–water partition coefficient (Wildman–Crippen LogP) is 7.13. The van der Waals surface area contributed by atoms with Crippen LogP contribution >= 0.6 is 0 Å². The van der Waals surface area contributed by atoms with Crippen LogP contribution in [-0.4, -0.2) is 0 Å². The highest BCUT2D eigenvalue weighted by atomic mass is 15.3. The number of benzene rings is 2. The summed E-state index contributed by atoms with van der Waals surface area (Å²) in [6, 6.07) is 17.6. The predicted molar refractivity (Wildman–Crippen MR) is 115 cm³/mol. The van der Waals surface area contributed by atoms with Gasteiger partial charge in [-0.05, 0) is 69.0 Å². The normalized spacial score (nSPS) is 18.3. The molecule has 0 radical (unpaired) electrons. The second-order valence-corrected chi connectivity index (χ2v) is 7.44. The molecular weight excluding hydrogens is 328 g/mol. The molecule has 5 rings (SSSR count). The zero-order chi connectivity index (χ0) is 18.2. The van der Waals surface area contributed by atoms with Gasteiger partial charge >= 0.3 is 0 Å². The number of para-hydroxylation sites is 4. The molecule has 27 heavy (non-hydrogen) atoms. The lowest BCUT2D eigenvalue weighted by molar-refractivity contribution is 0.862. The first-order chi connectivity index (χ1) is 13.3. The lowest BCUT2D eigenvalue weighted by Gasteiger charge is -2.42.